The van der Waals surface area contributed by atoms with E-state index in [0.29, 0.717) is 11.4 Å². The van der Waals surface area contributed by atoms with Gasteiger partial charge in [-0.05, 0) is 18.2 Å². The van der Waals surface area contributed by atoms with Crippen LogP contribution in [0.2, 0.25) is 0 Å². The lowest BCUT2D eigenvalue weighted by Crippen LogP contribution is -1.90. The Balaban J connectivity index is 2.22. The number of carboxylic acid groups (broad SMARTS) is 1. The van der Waals surface area contributed by atoms with E-state index in [1.807, 2.05) is 6.07 Å². The van der Waals surface area contributed by atoms with Crippen LogP contribution in [0.4, 0.5) is 0 Å². The monoisotopic (exact) mass is 227 g/mol. The largest absolute Gasteiger partial charge is 0.478 e. The fraction of sp³-hybridized carbons (Fsp3) is 0. The maximum Gasteiger partial charge on any atom is 0.328 e. The standard InChI is InChI=1S/C12H9N3O2/c16-11(17)4-3-9-6-14-12(15-7-9)10-2-1-5-13-8-10/h1-8H,(H,16,17)/b4-3+. The number of aliphatic carboxylic acids is 1. The maximum atomic E-state index is 10.3. The third-order valence-electron chi connectivity index (χ3n) is 2.01. The van der Waals surface area contributed by atoms with Crippen molar-refractivity contribution in [2.75, 3.05) is 0 Å². The molecule has 84 valence electrons. The Morgan fingerprint density at radius 1 is 1.24 bits per heavy atom. The molecule has 0 bridgehead atoms. The highest BCUT2D eigenvalue weighted by atomic mass is 16.4. The van der Waals surface area contributed by atoms with E-state index in [4.69, 9.17) is 5.11 Å². The average molecular weight is 227 g/mol. The molecule has 5 heteroatoms. The average Bonchev–Trinajstić information content (AvgIpc) is 2.38. The summed E-state index contributed by atoms with van der Waals surface area (Å²) in [7, 11) is 0. The number of aromatic nitrogens is 3. The number of hydrogen-bond acceptors (Lipinski definition) is 4. The van der Waals surface area contributed by atoms with E-state index in [2.05, 4.69) is 15.0 Å². The normalized spacial score (nSPS) is 10.6. The van der Waals surface area contributed by atoms with Crippen molar-refractivity contribution >= 4 is 12.0 Å². The van der Waals surface area contributed by atoms with Gasteiger partial charge in [0.1, 0.15) is 0 Å². The Bertz CT molecular complexity index is 535. The van der Waals surface area contributed by atoms with Crippen LogP contribution in [-0.2, 0) is 4.79 Å². The van der Waals surface area contributed by atoms with E-state index in [-0.39, 0.29) is 0 Å². The van der Waals surface area contributed by atoms with Gasteiger partial charge in [-0.3, -0.25) is 4.98 Å². The highest BCUT2D eigenvalue weighted by Gasteiger charge is 1.99. The van der Waals surface area contributed by atoms with Crippen molar-refractivity contribution in [3.8, 4) is 11.4 Å². The molecule has 0 aromatic carbocycles. The van der Waals surface area contributed by atoms with Crippen LogP contribution < -0.4 is 0 Å². The van der Waals surface area contributed by atoms with E-state index in [1.165, 1.54) is 6.08 Å². The first-order chi connectivity index (χ1) is 8.25. The minimum absolute atomic E-state index is 0.561. The van der Waals surface area contributed by atoms with Crippen molar-refractivity contribution in [2.24, 2.45) is 0 Å². The highest BCUT2D eigenvalue weighted by Crippen LogP contribution is 2.12. The molecule has 0 spiro atoms. The molecule has 0 atom stereocenters. The molecule has 0 aliphatic carbocycles. The Hall–Kier alpha value is -2.56. The van der Waals surface area contributed by atoms with Crippen molar-refractivity contribution in [2.45, 2.75) is 0 Å². The number of rotatable bonds is 3. The van der Waals surface area contributed by atoms with Crippen LogP contribution in [0.5, 0.6) is 0 Å². The molecule has 5 nitrogen and oxygen atoms in total. The van der Waals surface area contributed by atoms with Crippen LogP contribution in [0.1, 0.15) is 5.56 Å². The zero-order valence-electron chi connectivity index (χ0n) is 8.82. The molecule has 2 aromatic heterocycles. The van der Waals surface area contributed by atoms with Gasteiger partial charge in [-0.15, -0.1) is 0 Å². The summed E-state index contributed by atoms with van der Waals surface area (Å²) in [6.07, 6.45) is 8.96. The van der Waals surface area contributed by atoms with Crippen molar-refractivity contribution < 1.29 is 9.90 Å². The quantitative estimate of drug-likeness (QED) is 0.806. The van der Waals surface area contributed by atoms with Gasteiger partial charge in [0.05, 0.1) is 0 Å². The SMILES string of the molecule is O=C(O)/C=C/c1cnc(-c2cccnc2)nc1. The Kier molecular flexibility index (Phi) is 3.20. The molecule has 2 rings (SSSR count). The fourth-order valence-electron chi connectivity index (χ4n) is 1.24. The Morgan fingerprint density at radius 3 is 2.59 bits per heavy atom. The third kappa shape index (κ3) is 2.94. The summed E-state index contributed by atoms with van der Waals surface area (Å²) in [5, 5.41) is 8.47. The summed E-state index contributed by atoms with van der Waals surface area (Å²) < 4.78 is 0. The molecule has 2 aromatic rings. The molecular formula is C12H9N3O2. The minimum Gasteiger partial charge on any atom is -0.478 e. The van der Waals surface area contributed by atoms with E-state index < -0.39 is 5.97 Å². The van der Waals surface area contributed by atoms with Crippen LogP contribution in [-0.4, -0.2) is 26.0 Å². The van der Waals surface area contributed by atoms with Gasteiger partial charge in [0, 0.05) is 42.0 Å². The lowest BCUT2D eigenvalue weighted by molar-refractivity contribution is -0.131. The Morgan fingerprint density at radius 2 is 2.00 bits per heavy atom. The number of carboxylic acids is 1. The maximum absolute atomic E-state index is 10.3. The van der Waals surface area contributed by atoms with E-state index >= 15 is 0 Å². The van der Waals surface area contributed by atoms with Crippen molar-refractivity contribution in [3.63, 3.8) is 0 Å². The van der Waals surface area contributed by atoms with Gasteiger partial charge in [0.25, 0.3) is 0 Å². The zero-order chi connectivity index (χ0) is 12.1. The molecular weight excluding hydrogens is 218 g/mol. The van der Waals surface area contributed by atoms with Crippen molar-refractivity contribution in [3.05, 3.63) is 48.6 Å². The van der Waals surface area contributed by atoms with Gasteiger partial charge in [0.15, 0.2) is 5.82 Å². The predicted octanol–water partition coefficient (Wildman–Crippen LogP) is 1.64. The molecule has 0 aliphatic rings. The second-order valence-corrected chi connectivity index (χ2v) is 3.25. The predicted molar refractivity (Wildman–Crippen MR) is 61.9 cm³/mol. The summed E-state index contributed by atoms with van der Waals surface area (Å²) >= 11 is 0. The van der Waals surface area contributed by atoms with Crippen LogP contribution in [0.25, 0.3) is 17.5 Å². The van der Waals surface area contributed by atoms with E-state index in [0.717, 1.165) is 11.6 Å². The smallest absolute Gasteiger partial charge is 0.328 e. The Labute approximate surface area is 97.5 Å². The van der Waals surface area contributed by atoms with Crippen LogP contribution in [0.15, 0.2) is 43.0 Å². The number of carbonyl (C=O) groups is 1. The van der Waals surface area contributed by atoms with E-state index in [1.54, 1.807) is 30.9 Å². The van der Waals surface area contributed by atoms with Gasteiger partial charge in [-0.25, -0.2) is 14.8 Å². The lowest BCUT2D eigenvalue weighted by atomic mass is 10.2. The molecule has 2 heterocycles. The first-order valence-electron chi connectivity index (χ1n) is 4.89. The number of hydrogen-bond donors (Lipinski definition) is 1. The first-order valence-corrected chi connectivity index (χ1v) is 4.89. The summed E-state index contributed by atoms with van der Waals surface area (Å²) in [6, 6.07) is 3.66. The van der Waals surface area contributed by atoms with Crippen molar-refractivity contribution in [1.29, 1.82) is 0 Å². The van der Waals surface area contributed by atoms with Crippen LogP contribution in [0.3, 0.4) is 0 Å². The topological polar surface area (TPSA) is 76.0 Å². The first kappa shape index (κ1) is 10.9. The van der Waals surface area contributed by atoms with Gasteiger partial charge >= 0.3 is 5.97 Å². The second kappa shape index (κ2) is 4.98. The van der Waals surface area contributed by atoms with Gasteiger partial charge in [-0.2, -0.15) is 0 Å². The molecule has 0 unspecified atom stereocenters. The van der Waals surface area contributed by atoms with Crippen LogP contribution >= 0.6 is 0 Å². The summed E-state index contributed by atoms with van der Waals surface area (Å²) in [5.74, 6) is -0.438. The summed E-state index contributed by atoms with van der Waals surface area (Å²) in [5.41, 5.74) is 1.46. The summed E-state index contributed by atoms with van der Waals surface area (Å²) in [4.78, 5) is 22.6. The van der Waals surface area contributed by atoms with Gasteiger partial charge in [0.2, 0.25) is 0 Å². The zero-order valence-corrected chi connectivity index (χ0v) is 8.82. The van der Waals surface area contributed by atoms with Gasteiger partial charge < -0.3 is 5.11 Å². The molecule has 0 radical (unpaired) electrons. The molecule has 0 fully saturated rings. The van der Waals surface area contributed by atoms with Crippen LogP contribution in [0, 0.1) is 0 Å². The molecule has 0 saturated carbocycles. The van der Waals surface area contributed by atoms with E-state index in [9.17, 15) is 4.79 Å². The fourth-order valence-corrected chi connectivity index (χ4v) is 1.24. The van der Waals surface area contributed by atoms with Crippen molar-refractivity contribution in [1.82, 2.24) is 15.0 Å². The third-order valence-corrected chi connectivity index (χ3v) is 2.01. The van der Waals surface area contributed by atoms with Gasteiger partial charge in [-0.1, -0.05) is 0 Å². The molecule has 17 heavy (non-hydrogen) atoms. The molecule has 0 amide bonds. The lowest BCUT2D eigenvalue weighted by Gasteiger charge is -1.98. The molecule has 0 saturated heterocycles. The highest BCUT2D eigenvalue weighted by molar-refractivity contribution is 5.85. The minimum atomic E-state index is -0.999. The molecule has 0 aliphatic heterocycles. The summed E-state index contributed by atoms with van der Waals surface area (Å²) in [6.45, 7) is 0. The number of nitrogens with zero attached hydrogens (tertiary/aromatic N) is 3. The number of pyridine rings is 1. The molecule has 1 N–H and O–H groups in total. The second-order valence-electron chi connectivity index (χ2n) is 3.25.